The number of hydrogen-bond donors (Lipinski definition) is 1. The highest BCUT2D eigenvalue weighted by molar-refractivity contribution is 5.60. The third-order valence-electron chi connectivity index (χ3n) is 1.92. The molecule has 0 spiro atoms. The SMILES string of the molecule is COc1cccnc1-c1ncc[nH]c1=O. The second kappa shape index (κ2) is 3.91. The Balaban J connectivity index is 2.64. The van der Waals surface area contributed by atoms with Crippen LogP contribution in [0.4, 0.5) is 0 Å². The largest absolute Gasteiger partial charge is 0.494 e. The van der Waals surface area contributed by atoms with E-state index in [0.717, 1.165) is 0 Å². The van der Waals surface area contributed by atoms with Crippen molar-refractivity contribution in [2.75, 3.05) is 7.11 Å². The second-order valence-corrected chi connectivity index (χ2v) is 2.82. The molecule has 2 rings (SSSR count). The van der Waals surface area contributed by atoms with Gasteiger partial charge in [0.2, 0.25) is 0 Å². The highest BCUT2D eigenvalue weighted by atomic mass is 16.5. The Kier molecular flexibility index (Phi) is 2.45. The molecule has 5 heteroatoms. The fourth-order valence-electron chi connectivity index (χ4n) is 1.25. The molecule has 0 aliphatic heterocycles. The summed E-state index contributed by atoms with van der Waals surface area (Å²) in [5, 5.41) is 0. The van der Waals surface area contributed by atoms with Gasteiger partial charge in [-0.1, -0.05) is 0 Å². The van der Waals surface area contributed by atoms with Gasteiger partial charge >= 0.3 is 0 Å². The fourth-order valence-corrected chi connectivity index (χ4v) is 1.25. The van der Waals surface area contributed by atoms with Gasteiger partial charge in [-0.05, 0) is 12.1 Å². The number of methoxy groups -OCH3 is 1. The first kappa shape index (κ1) is 9.39. The third kappa shape index (κ3) is 1.71. The number of nitrogens with one attached hydrogen (secondary N) is 1. The predicted octanol–water partition coefficient (Wildman–Crippen LogP) is 0.840. The van der Waals surface area contributed by atoms with E-state index >= 15 is 0 Å². The monoisotopic (exact) mass is 203 g/mol. The molecule has 0 fully saturated rings. The normalized spacial score (nSPS) is 9.93. The van der Waals surface area contributed by atoms with Gasteiger partial charge in [-0.15, -0.1) is 0 Å². The van der Waals surface area contributed by atoms with E-state index in [4.69, 9.17) is 4.74 Å². The minimum absolute atomic E-state index is 0.259. The van der Waals surface area contributed by atoms with Crippen molar-refractivity contribution in [3.05, 3.63) is 41.1 Å². The molecule has 0 atom stereocenters. The van der Waals surface area contributed by atoms with Crippen LogP contribution in [0.3, 0.4) is 0 Å². The van der Waals surface area contributed by atoms with Crippen molar-refractivity contribution in [1.82, 2.24) is 15.0 Å². The Labute approximate surface area is 85.8 Å². The van der Waals surface area contributed by atoms with Gasteiger partial charge < -0.3 is 9.72 Å². The first-order valence-electron chi connectivity index (χ1n) is 4.36. The molecule has 0 unspecified atom stereocenters. The lowest BCUT2D eigenvalue weighted by atomic mass is 10.2. The summed E-state index contributed by atoms with van der Waals surface area (Å²) in [5.74, 6) is 0.529. The average molecular weight is 203 g/mol. The van der Waals surface area contributed by atoms with Crippen LogP contribution >= 0.6 is 0 Å². The van der Waals surface area contributed by atoms with Crippen molar-refractivity contribution in [1.29, 1.82) is 0 Å². The van der Waals surface area contributed by atoms with E-state index in [9.17, 15) is 4.79 Å². The van der Waals surface area contributed by atoms with Gasteiger partial charge in [-0.2, -0.15) is 0 Å². The Morgan fingerprint density at radius 1 is 1.27 bits per heavy atom. The first-order chi connectivity index (χ1) is 7.33. The molecule has 0 saturated carbocycles. The van der Waals surface area contributed by atoms with Gasteiger partial charge in [0.15, 0.2) is 5.69 Å². The number of hydrogen-bond acceptors (Lipinski definition) is 4. The summed E-state index contributed by atoms with van der Waals surface area (Å²) >= 11 is 0. The van der Waals surface area contributed by atoms with E-state index < -0.39 is 0 Å². The summed E-state index contributed by atoms with van der Waals surface area (Å²) < 4.78 is 5.10. The van der Waals surface area contributed by atoms with E-state index in [1.54, 1.807) is 18.3 Å². The van der Waals surface area contributed by atoms with E-state index in [1.807, 2.05) is 0 Å². The first-order valence-corrected chi connectivity index (χ1v) is 4.36. The van der Waals surface area contributed by atoms with Crippen LogP contribution < -0.4 is 10.3 Å². The maximum atomic E-state index is 11.5. The topological polar surface area (TPSA) is 67.9 Å². The van der Waals surface area contributed by atoms with E-state index in [2.05, 4.69) is 15.0 Å². The third-order valence-corrected chi connectivity index (χ3v) is 1.92. The lowest BCUT2D eigenvalue weighted by molar-refractivity contribution is 0.414. The smallest absolute Gasteiger partial charge is 0.276 e. The van der Waals surface area contributed by atoms with Crippen LogP contribution in [0, 0.1) is 0 Å². The van der Waals surface area contributed by atoms with Crippen molar-refractivity contribution in [3.8, 4) is 17.1 Å². The molecule has 5 nitrogen and oxygen atoms in total. The van der Waals surface area contributed by atoms with Crippen LogP contribution in [0.15, 0.2) is 35.5 Å². The summed E-state index contributed by atoms with van der Waals surface area (Å²) in [5.41, 5.74) is 0.423. The Bertz CT molecular complexity index is 522. The number of nitrogens with zero attached hydrogens (tertiary/aromatic N) is 2. The van der Waals surface area contributed by atoms with Crippen LogP contribution in [0.2, 0.25) is 0 Å². The number of ether oxygens (including phenoxy) is 1. The van der Waals surface area contributed by atoms with Gasteiger partial charge in [-0.25, -0.2) is 4.98 Å². The molecule has 0 aromatic carbocycles. The molecular formula is C10H9N3O2. The summed E-state index contributed by atoms with van der Waals surface area (Å²) in [7, 11) is 1.53. The van der Waals surface area contributed by atoms with Crippen molar-refractivity contribution >= 4 is 0 Å². The minimum atomic E-state index is -0.283. The van der Waals surface area contributed by atoms with Crippen molar-refractivity contribution in [3.63, 3.8) is 0 Å². The van der Waals surface area contributed by atoms with Gasteiger partial charge in [0, 0.05) is 18.6 Å². The summed E-state index contributed by atoms with van der Waals surface area (Å²) in [4.78, 5) is 22.1. The van der Waals surface area contributed by atoms with Crippen LogP contribution in [0.1, 0.15) is 0 Å². The summed E-state index contributed by atoms with van der Waals surface area (Å²) in [6.45, 7) is 0. The van der Waals surface area contributed by atoms with Crippen LogP contribution in [0.5, 0.6) is 5.75 Å². The molecule has 2 aromatic rings. The van der Waals surface area contributed by atoms with Crippen LogP contribution in [0.25, 0.3) is 11.4 Å². The lowest BCUT2D eigenvalue weighted by Gasteiger charge is -2.04. The lowest BCUT2D eigenvalue weighted by Crippen LogP contribution is -2.11. The summed E-state index contributed by atoms with van der Waals surface area (Å²) in [6, 6.07) is 3.47. The average Bonchev–Trinajstić information content (AvgIpc) is 2.30. The van der Waals surface area contributed by atoms with E-state index in [-0.39, 0.29) is 11.3 Å². The fraction of sp³-hybridized carbons (Fsp3) is 0.100. The molecule has 2 heterocycles. The van der Waals surface area contributed by atoms with E-state index in [1.165, 1.54) is 19.5 Å². The minimum Gasteiger partial charge on any atom is -0.494 e. The van der Waals surface area contributed by atoms with Crippen molar-refractivity contribution < 1.29 is 4.74 Å². The standard InChI is InChI=1S/C10H9N3O2/c1-15-7-3-2-4-11-8(7)9-10(14)13-6-5-12-9/h2-6H,1H3,(H,13,14). The van der Waals surface area contributed by atoms with Gasteiger partial charge in [0.25, 0.3) is 5.56 Å². The molecule has 0 bridgehead atoms. The van der Waals surface area contributed by atoms with Crippen molar-refractivity contribution in [2.45, 2.75) is 0 Å². The molecule has 0 aliphatic carbocycles. The molecule has 0 saturated heterocycles. The molecule has 15 heavy (non-hydrogen) atoms. The zero-order valence-electron chi connectivity index (χ0n) is 8.10. The second-order valence-electron chi connectivity index (χ2n) is 2.82. The van der Waals surface area contributed by atoms with Gasteiger partial charge in [-0.3, -0.25) is 9.78 Å². The molecule has 0 aliphatic rings. The Morgan fingerprint density at radius 2 is 2.07 bits per heavy atom. The maximum absolute atomic E-state index is 11.5. The quantitative estimate of drug-likeness (QED) is 0.785. The Hall–Kier alpha value is -2.17. The molecule has 0 radical (unpaired) electrons. The van der Waals surface area contributed by atoms with E-state index in [0.29, 0.717) is 11.4 Å². The highest BCUT2D eigenvalue weighted by Gasteiger charge is 2.10. The zero-order valence-corrected chi connectivity index (χ0v) is 8.10. The van der Waals surface area contributed by atoms with Crippen LogP contribution in [-0.4, -0.2) is 22.1 Å². The maximum Gasteiger partial charge on any atom is 0.276 e. The molecule has 0 amide bonds. The van der Waals surface area contributed by atoms with Crippen LogP contribution in [-0.2, 0) is 0 Å². The van der Waals surface area contributed by atoms with Crippen molar-refractivity contribution in [2.24, 2.45) is 0 Å². The summed E-state index contributed by atoms with van der Waals surface area (Å²) in [6.07, 6.45) is 4.57. The highest BCUT2D eigenvalue weighted by Crippen LogP contribution is 2.22. The number of aromatic nitrogens is 3. The number of rotatable bonds is 2. The number of pyridine rings is 1. The molecular weight excluding hydrogens is 194 g/mol. The zero-order chi connectivity index (χ0) is 10.7. The Morgan fingerprint density at radius 3 is 2.80 bits per heavy atom. The number of H-pyrrole nitrogens is 1. The number of aromatic amines is 1. The molecule has 1 N–H and O–H groups in total. The van der Waals surface area contributed by atoms with Gasteiger partial charge in [0.1, 0.15) is 11.4 Å². The predicted molar refractivity (Wildman–Crippen MR) is 54.6 cm³/mol. The van der Waals surface area contributed by atoms with Gasteiger partial charge in [0.05, 0.1) is 7.11 Å². The molecule has 2 aromatic heterocycles. The molecule has 76 valence electrons.